The van der Waals surface area contributed by atoms with Crippen molar-refractivity contribution in [3.8, 4) is 46.5 Å². The minimum Gasteiger partial charge on any atom is -0.508 e. The standard InChI is InChI=1S/C14H12N2O9.C14H14O5.C13H12O5.C12H8N2O9.C10H16O5.C7H8O2.HNO3/c1-4-24-13(17)8-5-7-6(2)9(15(19)20)12(23-3)10(16(21)22)11(7)25-14(8)18;1-4-18-13(15)11-7-10-8(2)5-9(17-3)6-12(10)19-14(11)16;1-3-17-12(15)10-6-9-7(2)4-8(14)5-11(9)18-13(10)16;1-4-5-3-6(11(15)16)12(17)23-9(5)8(14(20)21)10(22-2)7(4)13(18)19;1-4-11-9-10(15-13-6-3)7-8-14-12-5-2;1-5-2-6(8)4-7(9)3-5;2-1(3)4/h5H,4H2,1-3H3;5-7H,4H2,1-3H3;4-6,14H,3H2,1-2H3;3H,1-2H3,(H,15,16);9H,4-6H2,1-3H3;2-4,8-9H,1H3;(H,2,3,4)/b;;;;10-9+;;. The second-order valence-electron chi connectivity index (χ2n) is 21.4. The molecule has 4 aromatic heterocycles. The van der Waals surface area contributed by atoms with E-state index in [9.17, 15) is 83.9 Å². The number of aromatic hydroxyl groups is 3. The van der Waals surface area contributed by atoms with E-state index in [1.54, 1.807) is 65.8 Å². The number of rotatable bonds is 21. The van der Waals surface area contributed by atoms with Crippen molar-refractivity contribution in [1.82, 2.24) is 0 Å². The van der Waals surface area contributed by atoms with E-state index in [0.29, 0.717) is 47.5 Å². The summed E-state index contributed by atoms with van der Waals surface area (Å²) in [7, 11) is 3.54. The first-order valence-electron chi connectivity index (χ1n) is 32.1. The number of benzene rings is 5. The van der Waals surface area contributed by atoms with Crippen LogP contribution in [-0.4, -0.2) is 135 Å². The number of ether oxygens (including phenoxy) is 7. The first-order valence-corrected chi connectivity index (χ1v) is 32.1. The molecule has 4 heterocycles. The summed E-state index contributed by atoms with van der Waals surface area (Å²) in [5.41, 5.74) is -6.95. The van der Waals surface area contributed by atoms with E-state index >= 15 is 0 Å². The van der Waals surface area contributed by atoms with Gasteiger partial charge in [-0.2, -0.15) is 9.78 Å². The predicted octanol–water partition coefficient (Wildman–Crippen LogP) is 10.8. The summed E-state index contributed by atoms with van der Waals surface area (Å²) in [6.45, 7) is 19.9. The fourth-order valence-corrected chi connectivity index (χ4v) is 9.35. The number of carboxylic acid groups (broad SMARTS) is 1. The molecule has 5 N–H and O–H groups in total. The molecule has 0 saturated heterocycles. The van der Waals surface area contributed by atoms with Crippen molar-refractivity contribution in [1.29, 1.82) is 0 Å². The molecule has 0 bridgehead atoms. The summed E-state index contributed by atoms with van der Waals surface area (Å²) in [5, 5.41) is 95.7. The van der Waals surface area contributed by atoms with Gasteiger partial charge >= 0.3 is 69.1 Å². The summed E-state index contributed by atoms with van der Waals surface area (Å²) < 4.78 is 53.7. The Morgan fingerprint density at radius 3 is 1.19 bits per heavy atom. The third-order valence-corrected chi connectivity index (χ3v) is 13.9. The van der Waals surface area contributed by atoms with Gasteiger partial charge in [0.2, 0.25) is 11.2 Å². The van der Waals surface area contributed by atoms with E-state index in [1.165, 1.54) is 64.5 Å². The maximum Gasteiger partial charge on any atom is 0.361 e. The number of aryl methyl sites for hydroxylation is 5. The molecule has 0 saturated carbocycles. The lowest BCUT2D eigenvalue weighted by Gasteiger charge is -2.09. The van der Waals surface area contributed by atoms with Crippen molar-refractivity contribution in [2.45, 2.75) is 76.2 Å². The highest BCUT2D eigenvalue weighted by molar-refractivity contribution is 6.01. The molecule has 604 valence electrons. The van der Waals surface area contributed by atoms with Crippen LogP contribution in [0.3, 0.4) is 0 Å². The molecule has 0 unspecified atom stereocenters. The minimum absolute atomic E-state index is 0.00651. The lowest BCUT2D eigenvalue weighted by atomic mass is 10.0. The molecule has 0 amide bonds. The lowest BCUT2D eigenvalue weighted by Crippen LogP contribution is -2.17. The smallest absolute Gasteiger partial charge is 0.361 e. The van der Waals surface area contributed by atoms with E-state index < -0.39 is 128 Å². The van der Waals surface area contributed by atoms with Crippen LogP contribution in [0.1, 0.15) is 111 Å². The molecule has 0 aliphatic heterocycles. The Hall–Kier alpha value is -15.0. The zero-order valence-corrected chi connectivity index (χ0v) is 62.1. The number of nitrogens with zero attached hydrogens (tertiary/aromatic N) is 5. The highest BCUT2D eigenvalue weighted by atomic mass is 17.2. The molecule has 5 aromatic carbocycles. The van der Waals surface area contributed by atoms with Gasteiger partial charge in [0.15, 0.2) is 6.11 Å². The van der Waals surface area contributed by atoms with E-state index in [4.69, 9.17) is 91.2 Å². The Balaban J connectivity index is 0.000000354. The van der Waals surface area contributed by atoms with Gasteiger partial charge in [-0.1, -0.05) is 0 Å². The Labute approximate surface area is 633 Å². The highest BCUT2D eigenvalue weighted by Crippen LogP contribution is 2.47. The van der Waals surface area contributed by atoms with Crippen LogP contribution < -0.4 is 36.7 Å². The van der Waals surface area contributed by atoms with Gasteiger partial charge in [0.05, 0.1) is 80.7 Å². The Bertz CT molecular complexity index is 5360. The molecule has 0 spiro atoms. The number of nitro benzene ring substituents is 4. The van der Waals surface area contributed by atoms with Crippen LogP contribution in [-0.2, 0) is 38.5 Å². The SMILES string of the molecule is CCO/C=C(\C#COOCC)OOCC.CCOC(=O)c1cc2c(C)c([N+](=O)[O-])c(OC)c([N+](=O)[O-])c2oc1=O.CCOC(=O)c1cc2c(C)cc(O)cc2oc1=O.CCOC(=O)c1cc2c(C)cc(OC)cc2oc1=O.COc1c([N+](=O)[O-])c(C)c2cc(C(=O)O)c(=O)oc2c1[N+](=O)[O-].Cc1cc(O)cc(O)c1.O=[N+]([O-])O. The van der Waals surface area contributed by atoms with Crippen molar-refractivity contribution < 1.29 is 140 Å². The Morgan fingerprint density at radius 1 is 0.460 bits per heavy atom. The molecule has 43 nitrogen and oxygen atoms in total. The van der Waals surface area contributed by atoms with Crippen molar-refractivity contribution in [2.75, 3.05) is 61.0 Å². The van der Waals surface area contributed by atoms with Gasteiger partial charge in [-0.25, -0.2) is 38.4 Å². The first kappa shape index (κ1) is 92.2. The maximum atomic E-state index is 12.0. The van der Waals surface area contributed by atoms with Gasteiger partial charge < -0.3 is 81.3 Å². The van der Waals surface area contributed by atoms with Crippen LogP contribution in [0.5, 0.6) is 34.5 Å². The summed E-state index contributed by atoms with van der Waals surface area (Å²) in [4.78, 5) is 161. The largest absolute Gasteiger partial charge is 0.508 e. The van der Waals surface area contributed by atoms with E-state index in [0.717, 1.165) is 37.5 Å². The topological polar surface area (TPSA) is 608 Å². The third-order valence-electron chi connectivity index (χ3n) is 13.9. The predicted molar refractivity (Wildman–Crippen MR) is 388 cm³/mol. The number of allylic oxidation sites excluding steroid dienone is 1. The number of carbonyl (C=O) groups excluding carboxylic acids is 3. The second kappa shape index (κ2) is 43.7. The van der Waals surface area contributed by atoms with Crippen LogP contribution in [0.15, 0.2) is 116 Å². The number of aromatic carboxylic acids is 1. The zero-order valence-electron chi connectivity index (χ0n) is 62.1. The number of phenolic OH excluding ortho intramolecular Hbond substituents is 3. The van der Waals surface area contributed by atoms with E-state index in [1.807, 2.05) is 13.8 Å². The van der Waals surface area contributed by atoms with Gasteiger partial charge in [0.25, 0.3) is 22.3 Å². The molecule has 9 rings (SSSR count). The number of methoxy groups -OCH3 is 3. The van der Waals surface area contributed by atoms with Crippen LogP contribution in [0.2, 0.25) is 0 Å². The van der Waals surface area contributed by atoms with Gasteiger partial charge in [-0.15, -0.1) is 10.1 Å². The number of hydrogen-bond donors (Lipinski definition) is 5. The molecule has 0 atom stereocenters. The molecule has 9 aromatic rings. The first-order chi connectivity index (χ1) is 53.3. The molecule has 43 heteroatoms. The summed E-state index contributed by atoms with van der Waals surface area (Å²) in [6, 6.07) is 15.4. The number of nitro groups is 4. The summed E-state index contributed by atoms with van der Waals surface area (Å²) >= 11 is 0. The molecule has 0 radical (unpaired) electrons. The van der Waals surface area contributed by atoms with Crippen LogP contribution in [0, 0.1) is 97.2 Å². The Kier molecular flexibility index (Phi) is 35.7. The molecule has 0 aliphatic rings. The van der Waals surface area contributed by atoms with Crippen molar-refractivity contribution >= 4 is 90.5 Å². The fraction of sp³-hybridized carbons (Fsp3) is 0.286. The molecule has 0 aliphatic carbocycles. The summed E-state index contributed by atoms with van der Waals surface area (Å²) in [5.74, 6) is -1.79. The van der Waals surface area contributed by atoms with Crippen LogP contribution in [0.25, 0.3) is 43.9 Å². The van der Waals surface area contributed by atoms with Crippen LogP contribution >= 0.6 is 0 Å². The molecule has 113 heavy (non-hydrogen) atoms. The number of esters is 3. The average molecular weight is 1590 g/mol. The number of phenols is 3. The highest BCUT2D eigenvalue weighted by Gasteiger charge is 2.38. The second-order valence-corrected chi connectivity index (χ2v) is 21.4. The molecule has 0 fully saturated rings. The number of fused-ring (bicyclic) bond motifs is 4. The van der Waals surface area contributed by atoms with Crippen molar-refractivity contribution in [3.05, 3.63) is 221 Å². The monoisotopic (exact) mass is 1590 g/mol. The van der Waals surface area contributed by atoms with Gasteiger partial charge in [0.1, 0.15) is 62.7 Å². The quantitative estimate of drug-likeness (QED) is 0.00513. The van der Waals surface area contributed by atoms with E-state index in [2.05, 4.69) is 21.8 Å². The molecular formula is C70H71N5O38. The van der Waals surface area contributed by atoms with Crippen LogP contribution in [0.4, 0.5) is 22.7 Å². The number of hydrogen-bond acceptors (Lipinski definition) is 36. The average Bonchev–Trinajstić information content (AvgIpc) is 0.751. The van der Waals surface area contributed by atoms with Crippen molar-refractivity contribution in [3.63, 3.8) is 0 Å². The number of carboxylic acids is 1. The third kappa shape index (κ3) is 25.3. The van der Waals surface area contributed by atoms with Gasteiger partial charge in [-0.05, 0) is 141 Å². The van der Waals surface area contributed by atoms with Gasteiger partial charge in [0, 0.05) is 56.8 Å². The normalized spacial score (nSPS) is 10.2. The number of carbonyl (C=O) groups is 4. The maximum absolute atomic E-state index is 12.0. The zero-order chi connectivity index (χ0) is 85.4. The fourth-order valence-electron chi connectivity index (χ4n) is 9.35. The summed E-state index contributed by atoms with van der Waals surface area (Å²) in [6.07, 6.45) is 3.62. The lowest BCUT2D eigenvalue weighted by molar-refractivity contribution is -0.742. The minimum atomic E-state index is -1.62. The van der Waals surface area contributed by atoms with Gasteiger partial charge in [-0.3, -0.25) is 45.3 Å². The van der Waals surface area contributed by atoms with E-state index in [-0.39, 0.29) is 81.4 Å². The Morgan fingerprint density at radius 2 is 0.832 bits per heavy atom. The molecular weight excluding hydrogens is 1520 g/mol. The van der Waals surface area contributed by atoms with Crippen molar-refractivity contribution in [2.24, 2.45) is 0 Å².